The summed E-state index contributed by atoms with van der Waals surface area (Å²) in [6.07, 6.45) is 0.924. The highest BCUT2D eigenvalue weighted by Crippen LogP contribution is 2.24. The van der Waals surface area contributed by atoms with Gasteiger partial charge in [-0.05, 0) is 54.8 Å². The summed E-state index contributed by atoms with van der Waals surface area (Å²) in [5.74, 6) is -0.396. The molecule has 0 aliphatic heterocycles. The average Bonchev–Trinajstić information content (AvgIpc) is 2.79. The van der Waals surface area contributed by atoms with Crippen molar-refractivity contribution >= 4 is 23.2 Å². The molecule has 0 saturated heterocycles. The molecule has 160 valence electrons. The lowest BCUT2D eigenvalue weighted by atomic mass is 10.1. The van der Waals surface area contributed by atoms with Crippen molar-refractivity contribution in [1.29, 1.82) is 0 Å². The number of nitrogens with zero attached hydrogens (tertiary/aromatic N) is 1. The van der Waals surface area contributed by atoms with Crippen molar-refractivity contribution in [3.05, 3.63) is 95.1 Å². The number of carbonyl (C=O) groups is 2. The van der Waals surface area contributed by atoms with E-state index in [0.717, 1.165) is 17.7 Å². The highest BCUT2D eigenvalue weighted by atomic mass is 16.2. The minimum Gasteiger partial charge on any atom is -0.377 e. The molecule has 1 atom stereocenters. The third-order valence-corrected chi connectivity index (χ3v) is 5.25. The first-order chi connectivity index (χ1) is 14.9. The number of aryl methyl sites for hydroxylation is 1. The van der Waals surface area contributed by atoms with E-state index in [1.54, 1.807) is 6.07 Å². The van der Waals surface area contributed by atoms with Crippen LogP contribution in [-0.4, -0.2) is 25.9 Å². The molecule has 0 bridgehead atoms. The summed E-state index contributed by atoms with van der Waals surface area (Å²) in [6, 6.07) is 22.6. The summed E-state index contributed by atoms with van der Waals surface area (Å²) in [7, 11) is 3.78. The number of carbonyl (C=O) groups excluding carboxylic acids is 2. The molecule has 0 aliphatic rings. The SMILES string of the molecule is CCc1ccc(C(=O)Nc2ccc(N(C)C)c(C(=O)N[C@H](C)c3ccccc3)c2)cc1. The largest absolute Gasteiger partial charge is 0.377 e. The van der Waals surface area contributed by atoms with E-state index in [2.05, 4.69) is 17.6 Å². The van der Waals surface area contributed by atoms with Crippen molar-refractivity contribution in [2.24, 2.45) is 0 Å². The maximum atomic E-state index is 13.1. The van der Waals surface area contributed by atoms with Crippen LogP contribution in [0.15, 0.2) is 72.8 Å². The number of anilines is 2. The number of amides is 2. The minimum atomic E-state index is -0.204. The van der Waals surface area contributed by atoms with E-state index in [4.69, 9.17) is 0 Å². The quantitative estimate of drug-likeness (QED) is 0.567. The van der Waals surface area contributed by atoms with E-state index in [-0.39, 0.29) is 17.9 Å². The Kier molecular flexibility index (Phi) is 7.08. The molecule has 0 unspecified atom stereocenters. The van der Waals surface area contributed by atoms with Gasteiger partial charge in [-0.1, -0.05) is 49.4 Å². The van der Waals surface area contributed by atoms with Gasteiger partial charge in [-0.3, -0.25) is 9.59 Å². The predicted molar refractivity (Wildman–Crippen MR) is 127 cm³/mol. The van der Waals surface area contributed by atoms with Crippen molar-refractivity contribution < 1.29 is 9.59 Å². The van der Waals surface area contributed by atoms with Crippen molar-refractivity contribution in [3.8, 4) is 0 Å². The van der Waals surface area contributed by atoms with Crippen molar-refractivity contribution in [1.82, 2.24) is 5.32 Å². The fraction of sp³-hybridized carbons (Fsp3) is 0.231. The second kappa shape index (κ2) is 9.94. The standard InChI is InChI=1S/C26H29N3O2/c1-5-19-11-13-21(14-12-19)25(30)28-22-15-16-24(29(3)4)23(17-22)26(31)27-18(2)20-9-7-6-8-10-20/h6-18H,5H2,1-4H3,(H,27,31)(H,28,30)/t18-/m1/s1. The summed E-state index contributed by atoms with van der Waals surface area (Å²) in [5.41, 5.74) is 4.65. The summed E-state index contributed by atoms with van der Waals surface area (Å²) in [5, 5.41) is 5.96. The van der Waals surface area contributed by atoms with Gasteiger partial charge in [0.15, 0.2) is 0 Å². The number of hydrogen-bond acceptors (Lipinski definition) is 3. The van der Waals surface area contributed by atoms with E-state index >= 15 is 0 Å². The van der Waals surface area contributed by atoms with Gasteiger partial charge >= 0.3 is 0 Å². The molecule has 0 spiro atoms. The molecular formula is C26H29N3O2. The van der Waals surface area contributed by atoms with E-state index in [1.807, 2.05) is 92.6 Å². The zero-order valence-corrected chi connectivity index (χ0v) is 18.5. The summed E-state index contributed by atoms with van der Waals surface area (Å²) in [6.45, 7) is 4.03. The van der Waals surface area contributed by atoms with Gasteiger partial charge in [-0.2, -0.15) is 0 Å². The summed E-state index contributed by atoms with van der Waals surface area (Å²) < 4.78 is 0. The number of nitrogens with one attached hydrogen (secondary N) is 2. The highest BCUT2D eigenvalue weighted by molar-refractivity contribution is 6.06. The van der Waals surface area contributed by atoms with E-state index < -0.39 is 0 Å². The van der Waals surface area contributed by atoms with Crippen LogP contribution >= 0.6 is 0 Å². The van der Waals surface area contributed by atoms with E-state index in [0.29, 0.717) is 16.8 Å². The summed E-state index contributed by atoms with van der Waals surface area (Å²) >= 11 is 0. The molecule has 3 aromatic carbocycles. The number of hydrogen-bond donors (Lipinski definition) is 2. The molecule has 0 fully saturated rings. The smallest absolute Gasteiger partial charge is 0.255 e. The fourth-order valence-corrected chi connectivity index (χ4v) is 3.38. The Morgan fingerprint density at radius 1 is 0.903 bits per heavy atom. The molecule has 0 aliphatic carbocycles. The Bertz CT molecular complexity index is 1040. The summed E-state index contributed by atoms with van der Waals surface area (Å²) in [4.78, 5) is 27.6. The minimum absolute atomic E-state index is 0.140. The molecule has 3 aromatic rings. The molecule has 0 radical (unpaired) electrons. The zero-order chi connectivity index (χ0) is 22.4. The maximum absolute atomic E-state index is 13.1. The second-order valence-electron chi connectivity index (χ2n) is 7.74. The Hall–Kier alpha value is -3.60. The monoisotopic (exact) mass is 415 g/mol. The van der Waals surface area contributed by atoms with Crippen LogP contribution in [0, 0.1) is 0 Å². The second-order valence-corrected chi connectivity index (χ2v) is 7.74. The third-order valence-electron chi connectivity index (χ3n) is 5.25. The molecular weight excluding hydrogens is 386 g/mol. The lowest BCUT2D eigenvalue weighted by Crippen LogP contribution is -2.28. The third kappa shape index (κ3) is 5.51. The Morgan fingerprint density at radius 2 is 1.58 bits per heavy atom. The van der Waals surface area contributed by atoms with Gasteiger partial charge in [0.25, 0.3) is 11.8 Å². The van der Waals surface area contributed by atoms with Crippen LogP contribution in [0.4, 0.5) is 11.4 Å². The normalized spacial score (nSPS) is 11.5. The topological polar surface area (TPSA) is 61.4 Å². The van der Waals surface area contributed by atoms with Crippen LogP contribution in [0.2, 0.25) is 0 Å². The van der Waals surface area contributed by atoms with E-state index in [1.165, 1.54) is 5.56 Å². The Balaban J connectivity index is 1.81. The van der Waals surface area contributed by atoms with Gasteiger partial charge in [0.2, 0.25) is 0 Å². The fourth-order valence-electron chi connectivity index (χ4n) is 3.38. The Labute approximate surface area is 184 Å². The van der Waals surface area contributed by atoms with Gasteiger partial charge in [0.1, 0.15) is 0 Å². The van der Waals surface area contributed by atoms with Crippen LogP contribution in [-0.2, 0) is 6.42 Å². The van der Waals surface area contributed by atoms with Gasteiger partial charge < -0.3 is 15.5 Å². The first-order valence-corrected chi connectivity index (χ1v) is 10.5. The van der Waals surface area contributed by atoms with Gasteiger partial charge in [-0.25, -0.2) is 0 Å². The van der Waals surface area contributed by atoms with Crippen molar-refractivity contribution in [2.45, 2.75) is 26.3 Å². The zero-order valence-electron chi connectivity index (χ0n) is 18.5. The molecule has 2 amide bonds. The van der Waals surface area contributed by atoms with Crippen LogP contribution in [0.3, 0.4) is 0 Å². The molecule has 0 heterocycles. The van der Waals surface area contributed by atoms with E-state index in [9.17, 15) is 9.59 Å². The van der Waals surface area contributed by atoms with Crippen LogP contribution in [0.25, 0.3) is 0 Å². The van der Waals surface area contributed by atoms with Crippen molar-refractivity contribution in [2.75, 3.05) is 24.3 Å². The van der Waals surface area contributed by atoms with Crippen LogP contribution < -0.4 is 15.5 Å². The molecule has 31 heavy (non-hydrogen) atoms. The first-order valence-electron chi connectivity index (χ1n) is 10.5. The average molecular weight is 416 g/mol. The first kappa shape index (κ1) is 22.1. The molecule has 0 aromatic heterocycles. The predicted octanol–water partition coefficient (Wildman–Crippen LogP) is 5.06. The Morgan fingerprint density at radius 3 is 2.19 bits per heavy atom. The molecule has 3 rings (SSSR count). The van der Waals surface area contributed by atoms with Gasteiger partial charge in [-0.15, -0.1) is 0 Å². The lowest BCUT2D eigenvalue weighted by Gasteiger charge is -2.20. The molecule has 5 heteroatoms. The van der Waals surface area contributed by atoms with Gasteiger partial charge in [0.05, 0.1) is 11.6 Å². The van der Waals surface area contributed by atoms with Crippen LogP contribution in [0.5, 0.6) is 0 Å². The molecule has 0 saturated carbocycles. The number of rotatable bonds is 7. The lowest BCUT2D eigenvalue weighted by molar-refractivity contribution is 0.0939. The van der Waals surface area contributed by atoms with Crippen LogP contribution in [0.1, 0.15) is 51.7 Å². The molecule has 5 nitrogen and oxygen atoms in total. The molecule has 2 N–H and O–H groups in total. The van der Waals surface area contributed by atoms with Gasteiger partial charge in [0, 0.05) is 31.0 Å². The highest BCUT2D eigenvalue weighted by Gasteiger charge is 2.17. The maximum Gasteiger partial charge on any atom is 0.255 e. The van der Waals surface area contributed by atoms with Crippen molar-refractivity contribution in [3.63, 3.8) is 0 Å². The number of benzene rings is 3.